The van der Waals surface area contributed by atoms with E-state index in [4.69, 9.17) is 16.3 Å². The molecular formula is C18H18ClF3N2O4S. The third-order valence-corrected chi connectivity index (χ3v) is 5.51. The summed E-state index contributed by atoms with van der Waals surface area (Å²) in [6.07, 6.45) is -4.43. The highest BCUT2D eigenvalue weighted by Gasteiger charge is 2.30. The van der Waals surface area contributed by atoms with Crippen LogP contribution in [0.15, 0.2) is 53.4 Å². The Morgan fingerprint density at radius 3 is 2.24 bits per heavy atom. The summed E-state index contributed by atoms with van der Waals surface area (Å²) in [5.74, 6) is -0.373. The first-order valence-electron chi connectivity index (χ1n) is 8.35. The average Bonchev–Trinajstić information content (AvgIpc) is 2.64. The Morgan fingerprint density at radius 2 is 1.69 bits per heavy atom. The maximum atomic E-state index is 12.5. The van der Waals surface area contributed by atoms with Crippen molar-refractivity contribution in [2.24, 2.45) is 0 Å². The van der Waals surface area contributed by atoms with Crippen molar-refractivity contribution >= 4 is 27.5 Å². The Morgan fingerprint density at radius 1 is 1.10 bits per heavy atom. The molecule has 2 N–H and O–H groups in total. The zero-order chi connectivity index (χ0) is 21.7. The number of carbonyl (C=O) groups is 1. The summed E-state index contributed by atoms with van der Waals surface area (Å²) in [6.45, 7) is 1.40. The van der Waals surface area contributed by atoms with Gasteiger partial charge in [-0.3, -0.25) is 4.79 Å². The Hall–Kier alpha value is -2.30. The Balaban J connectivity index is 1.79. The average molecular weight is 451 g/mol. The smallest absolute Gasteiger partial charge is 0.416 e. The summed E-state index contributed by atoms with van der Waals surface area (Å²) in [7, 11) is -3.90. The quantitative estimate of drug-likeness (QED) is 0.605. The molecule has 2 aromatic carbocycles. The lowest BCUT2D eigenvalue weighted by Crippen LogP contribution is -2.45. The number of ether oxygens (including phenoxy) is 1. The SMILES string of the molecule is C[C@H](NS(=O)(=O)c1ccc(Cl)cc1)C(=O)NCCOc1ccc(C(F)(F)F)cc1. The van der Waals surface area contributed by atoms with Gasteiger partial charge in [0.15, 0.2) is 0 Å². The van der Waals surface area contributed by atoms with Crippen molar-refractivity contribution in [2.75, 3.05) is 13.2 Å². The second-order valence-electron chi connectivity index (χ2n) is 5.96. The van der Waals surface area contributed by atoms with Gasteiger partial charge in [0.1, 0.15) is 12.4 Å². The molecule has 1 amide bonds. The third-order valence-electron chi connectivity index (χ3n) is 3.70. The Kier molecular flexibility index (Phi) is 7.50. The van der Waals surface area contributed by atoms with Crippen LogP contribution in [0.2, 0.25) is 5.02 Å². The van der Waals surface area contributed by atoms with E-state index >= 15 is 0 Å². The van der Waals surface area contributed by atoms with Crippen LogP contribution in [0.3, 0.4) is 0 Å². The van der Waals surface area contributed by atoms with Crippen LogP contribution >= 0.6 is 11.6 Å². The predicted molar refractivity (Wildman–Crippen MR) is 101 cm³/mol. The van der Waals surface area contributed by atoms with Gasteiger partial charge >= 0.3 is 6.18 Å². The van der Waals surface area contributed by atoms with E-state index < -0.39 is 33.7 Å². The first kappa shape index (κ1) is 23.0. The van der Waals surface area contributed by atoms with E-state index in [1.165, 1.54) is 43.3 Å². The van der Waals surface area contributed by atoms with E-state index in [1.807, 2.05) is 0 Å². The van der Waals surface area contributed by atoms with Gasteiger partial charge < -0.3 is 10.1 Å². The summed E-state index contributed by atoms with van der Waals surface area (Å²) in [4.78, 5) is 12.0. The molecule has 1 atom stereocenters. The highest BCUT2D eigenvalue weighted by atomic mass is 35.5. The first-order valence-corrected chi connectivity index (χ1v) is 10.2. The van der Waals surface area contributed by atoms with E-state index in [0.717, 1.165) is 12.1 Å². The van der Waals surface area contributed by atoms with E-state index in [-0.39, 0.29) is 23.8 Å². The number of halogens is 4. The van der Waals surface area contributed by atoms with Crippen molar-refractivity contribution in [3.63, 3.8) is 0 Å². The normalized spacial score (nSPS) is 13.0. The van der Waals surface area contributed by atoms with Crippen LogP contribution in [-0.4, -0.2) is 33.5 Å². The van der Waals surface area contributed by atoms with Crippen molar-refractivity contribution in [1.82, 2.24) is 10.0 Å². The lowest BCUT2D eigenvalue weighted by molar-refractivity contribution is -0.137. The molecule has 0 spiro atoms. The number of nitrogens with one attached hydrogen (secondary N) is 2. The summed E-state index contributed by atoms with van der Waals surface area (Å²) in [5.41, 5.74) is -0.792. The number of sulfonamides is 1. The molecule has 11 heteroatoms. The molecule has 29 heavy (non-hydrogen) atoms. The van der Waals surface area contributed by atoms with Gasteiger partial charge in [-0.15, -0.1) is 0 Å². The number of carbonyl (C=O) groups excluding carboxylic acids is 1. The van der Waals surface area contributed by atoms with E-state index in [0.29, 0.717) is 5.02 Å². The molecule has 0 saturated heterocycles. The highest BCUT2D eigenvalue weighted by Crippen LogP contribution is 2.30. The molecule has 0 radical (unpaired) electrons. The molecule has 0 heterocycles. The number of rotatable bonds is 8. The summed E-state index contributed by atoms with van der Waals surface area (Å²) in [6, 6.07) is 8.53. The molecule has 0 unspecified atom stereocenters. The maximum absolute atomic E-state index is 12.5. The molecule has 0 saturated carbocycles. The van der Waals surface area contributed by atoms with Gasteiger partial charge in [0.25, 0.3) is 0 Å². The molecule has 0 aromatic heterocycles. The van der Waals surface area contributed by atoms with Crippen LogP contribution < -0.4 is 14.8 Å². The summed E-state index contributed by atoms with van der Waals surface area (Å²) >= 11 is 5.72. The maximum Gasteiger partial charge on any atom is 0.416 e. The topological polar surface area (TPSA) is 84.5 Å². The van der Waals surface area contributed by atoms with Gasteiger partial charge in [-0.25, -0.2) is 8.42 Å². The summed E-state index contributed by atoms with van der Waals surface area (Å²) in [5, 5.41) is 2.86. The van der Waals surface area contributed by atoms with Crippen molar-refractivity contribution < 1.29 is 31.1 Å². The standard InChI is InChI=1S/C18H18ClF3N2O4S/c1-12(24-29(26,27)16-8-4-14(19)5-9-16)17(25)23-10-11-28-15-6-2-13(3-7-15)18(20,21)22/h2-9,12,24H,10-11H2,1H3,(H,23,25)/t12-/m0/s1. The second-order valence-corrected chi connectivity index (χ2v) is 8.11. The van der Waals surface area contributed by atoms with Gasteiger partial charge in [0, 0.05) is 5.02 Å². The molecule has 0 aliphatic rings. The lowest BCUT2D eigenvalue weighted by atomic mass is 10.2. The number of hydrogen-bond acceptors (Lipinski definition) is 4. The molecule has 0 bridgehead atoms. The Bertz CT molecular complexity index is 933. The zero-order valence-electron chi connectivity index (χ0n) is 15.2. The molecule has 158 valence electrons. The number of alkyl halides is 3. The van der Waals surface area contributed by atoms with Crippen LogP contribution in [0.4, 0.5) is 13.2 Å². The Labute approximate surface area is 171 Å². The number of hydrogen-bond donors (Lipinski definition) is 2. The van der Waals surface area contributed by atoms with E-state index in [1.54, 1.807) is 0 Å². The van der Waals surface area contributed by atoms with Crippen LogP contribution in [-0.2, 0) is 21.0 Å². The van der Waals surface area contributed by atoms with Crippen LogP contribution in [0.5, 0.6) is 5.75 Å². The molecule has 6 nitrogen and oxygen atoms in total. The van der Waals surface area contributed by atoms with Crippen LogP contribution in [0, 0.1) is 0 Å². The first-order chi connectivity index (χ1) is 13.5. The minimum absolute atomic E-state index is 0.00619. The minimum atomic E-state index is -4.43. The largest absolute Gasteiger partial charge is 0.492 e. The van der Waals surface area contributed by atoms with Gasteiger partial charge in [0.05, 0.1) is 23.0 Å². The number of amides is 1. The van der Waals surface area contributed by atoms with E-state index in [2.05, 4.69) is 10.0 Å². The fourth-order valence-electron chi connectivity index (χ4n) is 2.20. The highest BCUT2D eigenvalue weighted by molar-refractivity contribution is 7.89. The van der Waals surface area contributed by atoms with Crippen molar-refractivity contribution in [3.8, 4) is 5.75 Å². The third kappa shape index (κ3) is 6.91. The fraction of sp³-hybridized carbons (Fsp3) is 0.278. The van der Waals surface area contributed by atoms with Gasteiger partial charge in [-0.05, 0) is 55.5 Å². The second kappa shape index (κ2) is 9.47. The minimum Gasteiger partial charge on any atom is -0.492 e. The van der Waals surface area contributed by atoms with Crippen molar-refractivity contribution in [2.45, 2.75) is 24.0 Å². The lowest BCUT2D eigenvalue weighted by Gasteiger charge is -2.15. The van der Waals surface area contributed by atoms with Crippen molar-refractivity contribution in [1.29, 1.82) is 0 Å². The summed E-state index contributed by atoms with van der Waals surface area (Å²) < 4.78 is 69.4. The van der Waals surface area contributed by atoms with Gasteiger partial charge in [0.2, 0.25) is 15.9 Å². The van der Waals surface area contributed by atoms with Crippen molar-refractivity contribution in [3.05, 3.63) is 59.1 Å². The predicted octanol–water partition coefficient (Wildman–Crippen LogP) is 3.22. The van der Waals surface area contributed by atoms with E-state index in [9.17, 15) is 26.4 Å². The van der Waals surface area contributed by atoms with Gasteiger partial charge in [-0.1, -0.05) is 11.6 Å². The number of benzene rings is 2. The van der Waals surface area contributed by atoms with Gasteiger partial charge in [-0.2, -0.15) is 17.9 Å². The molecule has 0 aliphatic carbocycles. The zero-order valence-corrected chi connectivity index (χ0v) is 16.7. The molecular weight excluding hydrogens is 433 g/mol. The molecule has 0 aliphatic heterocycles. The molecule has 2 rings (SSSR count). The van der Waals surface area contributed by atoms with Crippen LogP contribution in [0.25, 0.3) is 0 Å². The molecule has 0 fully saturated rings. The fourth-order valence-corrected chi connectivity index (χ4v) is 3.53. The monoisotopic (exact) mass is 450 g/mol. The van der Waals surface area contributed by atoms with Crippen LogP contribution in [0.1, 0.15) is 12.5 Å². The molecule has 2 aromatic rings.